The number of nitriles is 1. The minimum Gasteiger partial charge on any atom is -0.317 e. The van der Waals surface area contributed by atoms with Gasteiger partial charge in [-0.3, -0.25) is 0 Å². The molecule has 4 heteroatoms. The molecule has 2 rings (SSSR count). The zero-order valence-electron chi connectivity index (χ0n) is 10.3. The molecule has 0 aromatic carbocycles. The number of pyridine rings is 1. The van der Waals surface area contributed by atoms with E-state index >= 15 is 0 Å². The summed E-state index contributed by atoms with van der Waals surface area (Å²) in [7, 11) is 0. The van der Waals surface area contributed by atoms with Gasteiger partial charge >= 0.3 is 0 Å². The number of hydrogen-bond donors (Lipinski definition) is 1. The summed E-state index contributed by atoms with van der Waals surface area (Å²) in [6.45, 7) is 6.12. The van der Waals surface area contributed by atoms with Crippen LogP contribution in [0.1, 0.15) is 29.7 Å². The van der Waals surface area contributed by atoms with Crippen molar-refractivity contribution in [3.8, 4) is 6.07 Å². The fourth-order valence-electron chi connectivity index (χ4n) is 2.09. The third kappa shape index (κ3) is 2.99. The molecule has 1 aromatic rings. The number of nitrogens with one attached hydrogen (secondary N) is 1. The summed E-state index contributed by atoms with van der Waals surface area (Å²) in [5, 5.41) is 14.1. The van der Waals surface area contributed by atoms with Crippen LogP contribution in [0, 0.1) is 25.2 Å². The fourth-order valence-corrected chi connectivity index (χ4v) is 3.40. The van der Waals surface area contributed by atoms with Crippen LogP contribution in [0.15, 0.2) is 11.1 Å². The Balaban J connectivity index is 2.22. The van der Waals surface area contributed by atoms with Crippen LogP contribution in [0.4, 0.5) is 0 Å². The van der Waals surface area contributed by atoms with Gasteiger partial charge in [-0.15, -0.1) is 11.8 Å². The summed E-state index contributed by atoms with van der Waals surface area (Å²) in [6, 6.07) is 4.26. The number of hydrogen-bond acceptors (Lipinski definition) is 4. The van der Waals surface area contributed by atoms with Crippen molar-refractivity contribution in [1.82, 2.24) is 10.3 Å². The number of aryl methyl sites for hydroxylation is 2. The number of thioether (sulfide) groups is 1. The van der Waals surface area contributed by atoms with Crippen LogP contribution in [0.2, 0.25) is 0 Å². The summed E-state index contributed by atoms with van der Waals surface area (Å²) < 4.78 is 0. The van der Waals surface area contributed by atoms with E-state index in [-0.39, 0.29) is 0 Å². The van der Waals surface area contributed by atoms with Crippen molar-refractivity contribution in [2.75, 3.05) is 13.1 Å². The van der Waals surface area contributed by atoms with Crippen molar-refractivity contribution >= 4 is 11.8 Å². The Morgan fingerprint density at radius 2 is 2.12 bits per heavy atom. The lowest BCUT2D eigenvalue weighted by Crippen LogP contribution is -2.29. The highest BCUT2D eigenvalue weighted by Crippen LogP contribution is 2.31. The highest BCUT2D eigenvalue weighted by Gasteiger charge is 2.18. The molecule has 1 fully saturated rings. The Hall–Kier alpha value is -1.05. The molecule has 0 amide bonds. The monoisotopic (exact) mass is 247 g/mol. The van der Waals surface area contributed by atoms with Crippen LogP contribution in [0.3, 0.4) is 0 Å². The molecule has 3 nitrogen and oxygen atoms in total. The minimum absolute atomic E-state index is 0.594. The van der Waals surface area contributed by atoms with Crippen LogP contribution in [-0.4, -0.2) is 23.3 Å². The second-order valence-electron chi connectivity index (χ2n) is 4.44. The summed E-state index contributed by atoms with van der Waals surface area (Å²) >= 11 is 1.77. The SMILES string of the molecule is Cc1cc(C)c(C#N)c(SC2CCNCC2)n1. The summed E-state index contributed by atoms with van der Waals surface area (Å²) in [5.74, 6) is 0. The lowest BCUT2D eigenvalue weighted by Gasteiger charge is -2.22. The maximum absolute atomic E-state index is 9.20. The van der Waals surface area contributed by atoms with Gasteiger partial charge in [0.1, 0.15) is 11.1 Å². The van der Waals surface area contributed by atoms with E-state index in [1.165, 1.54) is 0 Å². The molecule has 1 aliphatic heterocycles. The average Bonchev–Trinajstić information content (AvgIpc) is 2.30. The normalized spacial score (nSPS) is 16.8. The second-order valence-corrected chi connectivity index (χ2v) is 5.73. The molecule has 1 N–H and O–H groups in total. The largest absolute Gasteiger partial charge is 0.317 e. The first-order chi connectivity index (χ1) is 8.20. The van der Waals surface area contributed by atoms with Gasteiger partial charge in [-0.1, -0.05) is 0 Å². The highest BCUT2D eigenvalue weighted by molar-refractivity contribution is 7.99. The molecule has 0 atom stereocenters. The maximum atomic E-state index is 9.20. The van der Waals surface area contributed by atoms with Crippen molar-refractivity contribution in [1.29, 1.82) is 5.26 Å². The number of rotatable bonds is 2. The second kappa shape index (κ2) is 5.52. The third-order valence-electron chi connectivity index (χ3n) is 2.99. The Morgan fingerprint density at radius 3 is 2.76 bits per heavy atom. The first kappa shape index (κ1) is 12.4. The fraction of sp³-hybridized carbons (Fsp3) is 0.538. The molecule has 0 saturated carbocycles. The van der Waals surface area contributed by atoms with Gasteiger partial charge in [0.05, 0.1) is 5.56 Å². The Kier molecular flexibility index (Phi) is 4.03. The van der Waals surface area contributed by atoms with Crippen LogP contribution < -0.4 is 5.32 Å². The molecule has 0 radical (unpaired) electrons. The Labute approximate surface area is 107 Å². The van der Waals surface area contributed by atoms with E-state index in [2.05, 4.69) is 16.4 Å². The third-order valence-corrected chi connectivity index (χ3v) is 4.31. The molecule has 1 saturated heterocycles. The smallest absolute Gasteiger partial charge is 0.115 e. The zero-order valence-corrected chi connectivity index (χ0v) is 11.1. The number of piperidine rings is 1. The standard InChI is InChI=1S/C13H17N3S/c1-9-7-10(2)16-13(12(9)8-14)17-11-3-5-15-6-4-11/h7,11,15H,3-6H2,1-2H3. The van der Waals surface area contributed by atoms with E-state index in [1.807, 2.05) is 19.9 Å². The Bertz CT molecular complexity index is 445. The predicted molar refractivity (Wildman–Crippen MR) is 70.2 cm³/mol. The topological polar surface area (TPSA) is 48.7 Å². The highest BCUT2D eigenvalue weighted by atomic mass is 32.2. The van der Waals surface area contributed by atoms with E-state index in [0.717, 1.165) is 47.8 Å². The lowest BCUT2D eigenvalue weighted by molar-refractivity contribution is 0.531. The summed E-state index contributed by atoms with van der Waals surface area (Å²) in [5.41, 5.74) is 2.79. The molecule has 1 aliphatic rings. The molecule has 90 valence electrons. The van der Waals surface area contributed by atoms with Crippen LogP contribution in [0.25, 0.3) is 0 Å². The summed E-state index contributed by atoms with van der Waals surface area (Å²) in [4.78, 5) is 4.52. The van der Waals surface area contributed by atoms with Gasteiger partial charge in [-0.25, -0.2) is 4.98 Å². The van der Waals surface area contributed by atoms with E-state index in [4.69, 9.17) is 0 Å². The Morgan fingerprint density at radius 1 is 1.41 bits per heavy atom. The quantitative estimate of drug-likeness (QED) is 0.872. The van der Waals surface area contributed by atoms with Gasteiger partial charge in [0.15, 0.2) is 0 Å². The molecule has 2 heterocycles. The van der Waals surface area contributed by atoms with Crippen molar-refractivity contribution in [2.24, 2.45) is 0 Å². The van der Waals surface area contributed by atoms with E-state index in [0.29, 0.717) is 5.25 Å². The van der Waals surface area contributed by atoms with Crippen molar-refractivity contribution < 1.29 is 0 Å². The number of aromatic nitrogens is 1. The molecular weight excluding hydrogens is 230 g/mol. The van der Waals surface area contributed by atoms with Crippen LogP contribution >= 0.6 is 11.8 Å². The van der Waals surface area contributed by atoms with Crippen LogP contribution in [-0.2, 0) is 0 Å². The summed E-state index contributed by atoms with van der Waals surface area (Å²) in [6.07, 6.45) is 2.31. The maximum Gasteiger partial charge on any atom is 0.115 e. The van der Waals surface area contributed by atoms with Gasteiger partial charge in [0, 0.05) is 10.9 Å². The van der Waals surface area contributed by atoms with E-state index in [9.17, 15) is 5.26 Å². The zero-order chi connectivity index (χ0) is 12.3. The van der Waals surface area contributed by atoms with Gasteiger partial charge in [0.2, 0.25) is 0 Å². The average molecular weight is 247 g/mol. The van der Waals surface area contributed by atoms with E-state index < -0.39 is 0 Å². The molecular formula is C13H17N3S. The van der Waals surface area contributed by atoms with E-state index in [1.54, 1.807) is 11.8 Å². The van der Waals surface area contributed by atoms with Gasteiger partial charge in [0.25, 0.3) is 0 Å². The molecule has 0 bridgehead atoms. The lowest BCUT2D eigenvalue weighted by atomic mass is 10.1. The minimum atomic E-state index is 0.594. The molecule has 0 spiro atoms. The van der Waals surface area contributed by atoms with Crippen molar-refractivity contribution in [2.45, 2.75) is 37.0 Å². The van der Waals surface area contributed by atoms with Crippen molar-refractivity contribution in [3.63, 3.8) is 0 Å². The first-order valence-corrected chi connectivity index (χ1v) is 6.84. The number of nitrogens with zero attached hydrogens (tertiary/aromatic N) is 2. The van der Waals surface area contributed by atoms with Gasteiger partial charge < -0.3 is 5.32 Å². The van der Waals surface area contributed by atoms with Crippen LogP contribution in [0.5, 0.6) is 0 Å². The molecule has 1 aromatic heterocycles. The first-order valence-electron chi connectivity index (χ1n) is 5.96. The molecule has 0 unspecified atom stereocenters. The molecule has 0 aliphatic carbocycles. The van der Waals surface area contributed by atoms with Gasteiger partial charge in [-0.2, -0.15) is 5.26 Å². The predicted octanol–water partition coefficient (Wildman–Crippen LogP) is 2.41. The van der Waals surface area contributed by atoms with Gasteiger partial charge in [-0.05, 0) is 51.4 Å². The van der Waals surface area contributed by atoms with Crippen molar-refractivity contribution in [3.05, 3.63) is 22.9 Å². The molecule has 17 heavy (non-hydrogen) atoms.